The number of hydrogen-bond donors (Lipinski definition) is 2. The summed E-state index contributed by atoms with van der Waals surface area (Å²) in [6.45, 7) is 0.790. The summed E-state index contributed by atoms with van der Waals surface area (Å²) < 4.78 is 36.6. The summed E-state index contributed by atoms with van der Waals surface area (Å²) in [7, 11) is 3.14. The fourth-order valence-corrected chi connectivity index (χ4v) is 2.30. The molecule has 2 aromatic rings. The quantitative estimate of drug-likeness (QED) is 0.596. The van der Waals surface area contributed by atoms with E-state index in [2.05, 4.69) is 10.3 Å². The Morgan fingerprint density at radius 1 is 1.00 bits per heavy atom. The van der Waals surface area contributed by atoms with E-state index in [1.54, 1.807) is 20.3 Å². The highest BCUT2D eigenvalue weighted by atomic mass is 19.1. The van der Waals surface area contributed by atoms with Crippen molar-refractivity contribution < 1.29 is 18.3 Å². The van der Waals surface area contributed by atoms with Crippen molar-refractivity contribution >= 4 is 5.96 Å². The van der Waals surface area contributed by atoms with Crippen LogP contribution >= 0.6 is 0 Å². The molecule has 7 heteroatoms. The van der Waals surface area contributed by atoms with Crippen LogP contribution in [0.3, 0.4) is 0 Å². The summed E-state index contributed by atoms with van der Waals surface area (Å²) in [4.78, 5) is 4.23. The number of rotatable bonds is 7. The molecule has 0 amide bonds. The van der Waals surface area contributed by atoms with E-state index in [1.165, 1.54) is 12.1 Å². The largest absolute Gasteiger partial charge is 0.493 e. The Kier molecular flexibility index (Phi) is 6.56. The molecule has 0 bridgehead atoms. The van der Waals surface area contributed by atoms with Gasteiger partial charge in [0.2, 0.25) is 0 Å². The Labute approximate surface area is 145 Å². The van der Waals surface area contributed by atoms with Crippen LogP contribution in [-0.2, 0) is 13.0 Å². The number of methoxy groups -OCH3 is 2. The average Bonchev–Trinajstić information content (AvgIpc) is 2.58. The van der Waals surface area contributed by atoms with Gasteiger partial charge in [-0.05, 0) is 41.8 Å². The van der Waals surface area contributed by atoms with Crippen LogP contribution in [0.1, 0.15) is 11.1 Å². The van der Waals surface area contributed by atoms with Gasteiger partial charge < -0.3 is 20.5 Å². The maximum absolute atomic E-state index is 13.1. The zero-order valence-corrected chi connectivity index (χ0v) is 14.2. The molecule has 0 aliphatic heterocycles. The molecule has 0 aliphatic carbocycles. The first-order valence-corrected chi connectivity index (χ1v) is 7.71. The third kappa shape index (κ3) is 5.63. The molecule has 0 heterocycles. The standard InChI is InChI=1S/C18H21F2N3O2/c1-24-16-4-3-13(9-17(16)25-2)11-23-18(21)22-6-5-12-7-14(19)10-15(20)8-12/h3-4,7-10H,5-6,11H2,1-2H3,(H3,21,22,23). The van der Waals surface area contributed by atoms with Gasteiger partial charge in [0, 0.05) is 12.6 Å². The molecular formula is C18H21F2N3O2. The Balaban J connectivity index is 1.87. The first kappa shape index (κ1) is 18.5. The fraction of sp³-hybridized carbons (Fsp3) is 0.278. The van der Waals surface area contributed by atoms with Crippen molar-refractivity contribution in [2.75, 3.05) is 20.8 Å². The van der Waals surface area contributed by atoms with Gasteiger partial charge in [-0.1, -0.05) is 6.07 Å². The van der Waals surface area contributed by atoms with Gasteiger partial charge in [0.15, 0.2) is 17.5 Å². The molecule has 0 atom stereocenters. The van der Waals surface area contributed by atoms with E-state index in [4.69, 9.17) is 15.2 Å². The minimum atomic E-state index is -0.593. The topological polar surface area (TPSA) is 68.9 Å². The van der Waals surface area contributed by atoms with Gasteiger partial charge in [0.25, 0.3) is 0 Å². The van der Waals surface area contributed by atoms with E-state index in [0.29, 0.717) is 36.6 Å². The second-order valence-electron chi connectivity index (χ2n) is 5.35. The molecule has 0 aromatic heterocycles. The summed E-state index contributed by atoms with van der Waals surface area (Å²) in [6.07, 6.45) is 0.432. The summed E-state index contributed by atoms with van der Waals surface area (Å²) >= 11 is 0. The number of nitrogens with two attached hydrogens (primary N) is 1. The van der Waals surface area contributed by atoms with E-state index in [0.717, 1.165) is 11.6 Å². The Morgan fingerprint density at radius 3 is 2.32 bits per heavy atom. The molecule has 0 saturated carbocycles. The molecule has 0 spiro atoms. The molecule has 0 aliphatic rings. The summed E-state index contributed by atoms with van der Waals surface area (Å²) in [6, 6.07) is 8.92. The Morgan fingerprint density at radius 2 is 1.68 bits per heavy atom. The van der Waals surface area contributed by atoms with Crippen LogP contribution in [0.5, 0.6) is 11.5 Å². The minimum Gasteiger partial charge on any atom is -0.493 e. The first-order valence-electron chi connectivity index (χ1n) is 7.71. The van der Waals surface area contributed by atoms with Crippen LogP contribution < -0.4 is 20.5 Å². The molecule has 0 unspecified atom stereocenters. The zero-order valence-electron chi connectivity index (χ0n) is 14.2. The molecule has 134 valence electrons. The lowest BCUT2D eigenvalue weighted by atomic mass is 10.1. The number of hydrogen-bond acceptors (Lipinski definition) is 3. The van der Waals surface area contributed by atoms with Crippen LogP contribution in [0.25, 0.3) is 0 Å². The molecule has 3 N–H and O–H groups in total. The van der Waals surface area contributed by atoms with E-state index < -0.39 is 11.6 Å². The Hall–Kier alpha value is -2.83. The molecule has 25 heavy (non-hydrogen) atoms. The lowest BCUT2D eigenvalue weighted by molar-refractivity contribution is 0.354. The number of guanidine groups is 1. The SMILES string of the molecule is COc1ccc(CN=C(N)NCCc2cc(F)cc(F)c2)cc1OC. The third-order valence-electron chi connectivity index (χ3n) is 3.52. The number of ether oxygens (including phenoxy) is 2. The van der Waals surface area contributed by atoms with Crippen molar-refractivity contribution in [3.8, 4) is 11.5 Å². The van der Waals surface area contributed by atoms with E-state index in [1.807, 2.05) is 12.1 Å². The minimum absolute atomic E-state index is 0.256. The molecular weight excluding hydrogens is 328 g/mol. The van der Waals surface area contributed by atoms with Crippen LogP contribution in [0.2, 0.25) is 0 Å². The highest BCUT2D eigenvalue weighted by Gasteiger charge is 2.04. The molecule has 2 rings (SSSR count). The predicted octanol–water partition coefficient (Wildman–Crippen LogP) is 2.63. The molecule has 0 fully saturated rings. The second-order valence-corrected chi connectivity index (χ2v) is 5.35. The van der Waals surface area contributed by atoms with Gasteiger partial charge in [-0.3, -0.25) is 0 Å². The monoisotopic (exact) mass is 349 g/mol. The van der Waals surface area contributed by atoms with Crippen molar-refractivity contribution in [3.63, 3.8) is 0 Å². The van der Waals surface area contributed by atoms with E-state index >= 15 is 0 Å². The lowest BCUT2D eigenvalue weighted by Crippen LogP contribution is -2.33. The maximum atomic E-state index is 13.1. The Bertz CT molecular complexity index is 731. The predicted molar refractivity (Wildman–Crippen MR) is 92.9 cm³/mol. The maximum Gasteiger partial charge on any atom is 0.188 e. The van der Waals surface area contributed by atoms with Crippen LogP contribution in [0, 0.1) is 11.6 Å². The van der Waals surface area contributed by atoms with Gasteiger partial charge in [0.1, 0.15) is 11.6 Å². The van der Waals surface area contributed by atoms with Gasteiger partial charge in [-0.25, -0.2) is 13.8 Å². The molecule has 5 nitrogen and oxygen atoms in total. The van der Waals surface area contributed by atoms with Gasteiger partial charge in [0.05, 0.1) is 20.8 Å². The van der Waals surface area contributed by atoms with Crippen molar-refractivity contribution in [1.82, 2.24) is 5.32 Å². The third-order valence-corrected chi connectivity index (χ3v) is 3.52. The summed E-state index contributed by atoms with van der Waals surface area (Å²) in [5.41, 5.74) is 7.27. The number of nitrogens with zero attached hydrogens (tertiary/aromatic N) is 1. The highest BCUT2D eigenvalue weighted by molar-refractivity contribution is 5.77. The number of benzene rings is 2. The highest BCUT2D eigenvalue weighted by Crippen LogP contribution is 2.27. The first-order chi connectivity index (χ1) is 12.0. The number of nitrogens with one attached hydrogen (secondary N) is 1. The zero-order chi connectivity index (χ0) is 18.2. The van der Waals surface area contributed by atoms with Crippen molar-refractivity contribution in [1.29, 1.82) is 0 Å². The average molecular weight is 349 g/mol. The van der Waals surface area contributed by atoms with Crippen LogP contribution in [-0.4, -0.2) is 26.7 Å². The summed E-state index contributed by atoms with van der Waals surface area (Å²) in [5.74, 6) is 0.334. The van der Waals surface area contributed by atoms with E-state index in [9.17, 15) is 8.78 Å². The summed E-state index contributed by atoms with van der Waals surface area (Å²) in [5, 5.41) is 2.92. The van der Waals surface area contributed by atoms with Crippen LogP contribution in [0.15, 0.2) is 41.4 Å². The number of halogens is 2. The lowest BCUT2D eigenvalue weighted by Gasteiger charge is -2.09. The van der Waals surface area contributed by atoms with Crippen molar-refractivity contribution in [3.05, 3.63) is 59.2 Å². The number of aliphatic imine (C=N–C) groups is 1. The second kappa shape index (κ2) is 8.86. The smallest absolute Gasteiger partial charge is 0.188 e. The van der Waals surface area contributed by atoms with Crippen molar-refractivity contribution in [2.45, 2.75) is 13.0 Å². The molecule has 0 saturated heterocycles. The fourth-order valence-electron chi connectivity index (χ4n) is 2.30. The van der Waals surface area contributed by atoms with Gasteiger partial charge in [-0.2, -0.15) is 0 Å². The molecule has 2 aromatic carbocycles. The van der Waals surface area contributed by atoms with Crippen molar-refractivity contribution in [2.24, 2.45) is 10.7 Å². The molecule has 0 radical (unpaired) electrons. The van der Waals surface area contributed by atoms with E-state index in [-0.39, 0.29) is 5.96 Å². The van der Waals surface area contributed by atoms with Gasteiger partial charge >= 0.3 is 0 Å². The van der Waals surface area contributed by atoms with Crippen LogP contribution in [0.4, 0.5) is 8.78 Å². The normalized spacial score (nSPS) is 11.3. The van der Waals surface area contributed by atoms with Gasteiger partial charge in [-0.15, -0.1) is 0 Å².